The summed E-state index contributed by atoms with van der Waals surface area (Å²) < 4.78 is 0. The highest BCUT2D eigenvalue weighted by Crippen LogP contribution is 2.05. The number of nitrogens with two attached hydrogens (primary N) is 2. The predicted molar refractivity (Wildman–Crippen MR) is 134 cm³/mol. The Labute approximate surface area is 196 Å². The van der Waals surface area contributed by atoms with Crippen LogP contribution < -0.4 is 32.7 Å². The molecule has 1 atom stereocenters. The molecule has 2 amide bonds. The zero-order chi connectivity index (χ0) is 23.7. The summed E-state index contributed by atoms with van der Waals surface area (Å²) in [6.07, 6.45) is 13.0. The summed E-state index contributed by atoms with van der Waals surface area (Å²) in [5.74, 6) is 0.0565. The lowest BCUT2D eigenvalue weighted by atomic mass is 10.1. The molecular formula is C24H52N6O2. The molecule has 0 rings (SSSR count). The summed E-state index contributed by atoms with van der Waals surface area (Å²) in [5.41, 5.74) is 11.4. The van der Waals surface area contributed by atoms with Crippen molar-refractivity contribution in [2.45, 2.75) is 96.4 Å². The van der Waals surface area contributed by atoms with Gasteiger partial charge in [-0.05, 0) is 84.1 Å². The molecule has 0 aliphatic heterocycles. The highest BCUT2D eigenvalue weighted by atomic mass is 16.2. The van der Waals surface area contributed by atoms with Crippen LogP contribution in [-0.2, 0) is 9.59 Å². The Morgan fingerprint density at radius 2 is 1.28 bits per heavy atom. The van der Waals surface area contributed by atoms with E-state index in [1.807, 2.05) is 0 Å². The maximum atomic E-state index is 12.0. The fourth-order valence-electron chi connectivity index (χ4n) is 3.36. The molecule has 1 unspecified atom stereocenters. The van der Waals surface area contributed by atoms with Crippen LogP contribution in [-0.4, -0.2) is 63.7 Å². The van der Waals surface area contributed by atoms with Gasteiger partial charge in [0.1, 0.15) is 0 Å². The molecule has 0 spiro atoms. The van der Waals surface area contributed by atoms with Gasteiger partial charge in [-0.25, -0.2) is 0 Å². The second kappa shape index (κ2) is 24.4. The molecule has 0 bridgehead atoms. The van der Waals surface area contributed by atoms with Crippen molar-refractivity contribution in [3.63, 3.8) is 0 Å². The van der Waals surface area contributed by atoms with Gasteiger partial charge in [-0.1, -0.05) is 32.6 Å². The third-order valence-corrected chi connectivity index (χ3v) is 5.45. The molecule has 8 nitrogen and oxygen atoms in total. The number of nitrogens with one attached hydrogen (secondary N) is 4. The van der Waals surface area contributed by atoms with Crippen molar-refractivity contribution in [1.29, 1.82) is 0 Å². The Morgan fingerprint density at radius 3 is 1.97 bits per heavy atom. The van der Waals surface area contributed by atoms with E-state index in [1.54, 1.807) is 0 Å². The summed E-state index contributed by atoms with van der Waals surface area (Å²) in [6, 6.07) is -0.469. The van der Waals surface area contributed by atoms with Gasteiger partial charge >= 0.3 is 0 Å². The molecule has 0 aliphatic carbocycles. The summed E-state index contributed by atoms with van der Waals surface area (Å²) in [6.45, 7) is 8.19. The van der Waals surface area contributed by atoms with Gasteiger partial charge in [0.2, 0.25) is 11.8 Å². The van der Waals surface area contributed by atoms with E-state index in [-0.39, 0.29) is 11.8 Å². The highest BCUT2D eigenvalue weighted by Gasteiger charge is 2.12. The molecule has 0 saturated carbocycles. The number of carbonyl (C=O) groups is 2. The third kappa shape index (κ3) is 22.0. The summed E-state index contributed by atoms with van der Waals surface area (Å²) in [5, 5.41) is 12.7. The van der Waals surface area contributed by atoms with Gasteiger partial charge in [-0.2, -0.15) is 0 Å². The molecule has 32 heavy (non-hydrogen) atoms. The van der Waals surface area contributed by atoms with Crippen LogP contribution in [0.5, 0.6) is 0 Å². The monoisotopic (exact) mass is 456 g/mol. The lowest BCUT2D eigenvalue weighted by molar-refractivity contribution is -0.123. The molecule has 190 valence electrons. The summed E-state index contributed by atoms with van der Waals surface area (Å²) in [7, 11) is 0. The zero-order valence-electron chi connectivity index (χ0n) is 20.7. The second-order valence-electron chi connectivity index (χ2n) is 8.61. The van der Waals surface area contributed by atoms with E-state index < -0.39 is 6.04 Å². The van der Waals surface area contributed by atoms with E-state index in [2.05, 4.69) is 28.2 Å². The minimum absolute atomic E-state index is 0.0790. The van der Waals surface area contributed by atoms with Crippen molar-refractivity contribution in [3.8, 4) is 0 Å². The minimum atomic E-state index is -0.469. The SMILES string of the molecule is CCCCCCCC(=O)NCCCCC(N)C(=O)NCCCNCCCCNCCCN. The number of amides is 2. The summed E-state index contributed by atoms with van der Waals surface area (Å²) in [4.78, 5) is 23.8. The standard InChI is InChI=1S/C24H52N6O2/c1-2-3-4-5-6-14-23(31)29-20-8-7-13-22(26)24(32)30-21-12-19-28-17-10-9-16-27-18-11-15-25/h22,27-28H,2-21,25-26H2,1H3,(H,29,31)(H,30,32). The number of hydrogen-bond donors (Lipinski definition) is 6. The number of hydrogen-bond acceptors (Lipinski definition) is 6. The van der Waals surface area contributed by atoms with E-state index >= 15 is 0 Å². The van der Waals surface area contributed by atoms with Gasteiger partial charge in [0.05, 0.1) is 6.04 Å². The van der Waals surface area contributed by atoms with Crippen LogP contribution in [0.3, 0.4) is 0 Å². The van der Waals surface area contributed by atoms with E-state index in [1.165, 1.54) is 19.3 Å². The molecule has 0 fully saturated rings. The van der Waals surface area contributed by atoms with Gasteiger partial charge in [-0.3, -0.25) is 9.59 Å². The van der Waals surface area contributed by atoms with Crippen LogP contribution >= 0.6 is 0 Å². The quantitative estimate of drug-likeness (QED) is 0.123. The van der Waals surface area contributed by atoms with Crippen LogP contribution in [0, 0.1) is 0 Å². The van der Waals surface area contributed by atoms with E-state index in [0.29, 0.717) is 25.9 Å². The molecule has 8 N–H and O–H groups in total. The minimum Gasteiger partial charge on any atom is -0.356 e. The first kappa shape index (κ1) is 30.8. The largest absolute Gasteiger partial charge is 0.356 e. The Bertz CT molecular complexity index is 437. The molecule has 8 heteroatoms. The predicted octanol–water partition coefficient (Wildman–Crippen LogP) is 1.78. The van der Waals surface area contributed by atoms with E-state index in [9.17, 15) is 9.59 Å². The van der Waals surface area contributed by atoms with Crippen molar-refractivity contribution < 1.29 is 9.59 Å². The first-order valence-electron chi connectivity index (χ1n) is 13.0. The molecule has 0 aromatic heterocycles. The van der Waals surface area contributed by atoms with Gasteiger partial charge < -0.3 is 32.7 Å². The lowest BCUT2D eigenvalue weighted by Gasteiger charge is -2.12. The molecule has 0 heterocycles. The Hall–Kier alpha value is -1.22. The van der Waals surface area contributed by atoms with Crippen LogP contribution in [0.1, 0.15) is 90.4 Å². The third-order valence-electron chi connectivity index (χ3n) is 5.45. The van der Waals surface area contributed by atoms with Gasteiger partial charge in [0.25, 0.3) is 0 Å². The topological polar surface area (TPSA) is 134 Å². The lowest BCUT2D eigenvalue weighted by Crippen LogP contribution is -2.41. The Morgan fingerprint density at radius 1 is 0.688 bits per heavy atom. The fraction of sp³-hybridized carbons (Fsp3) is 0.917. The van der Waals surface area contributed by atoms with Crippen molar-refractivity contribution in [3.05, 3.63) is 0 Å². The second-order valence-corrected chi connectivity index (χ2v) is 8.61. The van der Waals surface area contributed by atoms with Crippen molar-refractivity contribution in [2.24, 2.45) is 11.5 Å². The van der Waals surface area contributed by atoms with Crippen LogP contribution in [0.25, 0.3) is 0 Å². The first-order chi connectivity index (χ1) is 15.6. The highest BCUT2D eigenvalue weighted by molar-refractivity contribution is 5.81. The molecular weight excluding hydrogens is 404 g/mol. The average molecular weight is 457 g/mol. The fourth-order valence-corrected chi connectivity index (χ4v) is 3.36. The van der Waals surface area contributed by atoms with Crippen molar-refractivity contribution in [2.75, 3.05) is 45.8 Å². The summed E-state index contributed by atoms with van der Waals surface area (Å²) >= 11 is 0. The number of carbonyl (C=O) groups excluding carboxylic acids is 2. The molecule has 0 saturated heterocycles. The van der Waals surface area contributed by atoms with Gasteiger partial charge in [0.15, 0.2) is 0 Å². The first-order valence-corrected chi connectivity index (χ1v) is 13.0. The zero-order valence-corrected chi connectivity index (χ0v) is 20.7. The molecule has 0 aromatic rings. The van der Waals surface area contributed by atoms with Gasteiger partial charge in [-0.15, -0.1) is 0 Å². The van der Waals surface area contributed by atoms with E-state index in [0.717, 1.165) is 84.1 Å². The Kier molecular flexibility index (Phi) is 23.5. The smallest absolute Gasteiger partial charge is 0.236 e. The van der Waals surface area contributed by atoms with Crippen LogP contribution in [0.2, 0.25) is 0 Å². The van der Waals surface area contributed by atoms with Crippen molar-refractivity contribution >= 4 is 11.8 Å². The average Bonchev–Trinajstić information content (AvgIpc) is 2.79. The maximum Gasteiger partial charge on any atom is 0.236 e. The number of unbranched alkanes of at least 4 members (excludes halogenated alkanes) is 6. The normalized spacial score (nSPS) is 12.0. The molecule has 0 aromatic carbocycles. The number of rotatable bonds is 24. The van der Waals surface area contributed by atoms with Crippen molar-refractivity contribution in [1.82, 2.24) is 21.3 Å². The van der Waals surface area contributed by atoms with Crippen LogP contribution in [0.4, 0.5) is 0 Å². The van der Waals surface area contributed by atoms with E-state index in [4.69, 9.17) is 11.5 Å². The Balaban J connectivity index is 3.41. The van der Waals surface area contributed by atoms with Crippen LogP contribution in [0.15, 0.2) is 0 Å². The molecule has 0 radical (unpaired) electrons. The molecule has 0 aliphatic rings. The van der Waals surface area contributed by atoms with Gasteiger partial charge in [0, 0.05) is 19.5 Å². The maximum absolute atomic E-state index is 12.0.